The van der Waals surface area contributed by atoms with Crippen molar-refractivity contribution in [2.24, 2.45) is 5.92 Å². The maximum atomic E-state index is 11.2. The number of anilines is 1. The van der Waals surface area contributed by atoms with Crippen LogP contribution in [0.3, 0.4) is 0 Å². The zero-order chi connectivity index (χ0) is 14.5. The van der Waals surface area contributed by atoms with E-state index >= 15 is 0 Å². The summed E-state index contributed by atoms with van der Waals surface area (Å²) in [6.07, 6.45) is 2.16. The molecule has 0 spiro atoms. The highest BCUT2D eigenvalue weighted by atomic mass is 16.6. The number of nitro groups is 1. The maximum absolute atomic E-state index is 11.2. The molecule has 1 N–H and O–H groups in total. The summed E-state index contributed by atoms with van der Waals surface area (Å²) in [4.78, 5) is 12.6. The molecule has 20 heavy (non-hydrogen) atoms. The van der Waals surface area contributed by atoms with Crippen molar-refractivity contribution >= 4 is 11.4 Å². The van der Waals surface area contributed by atoms with Crippen LogP contribution in [0.5, 0.6) is 0 Å². The minimum Gasteiger partial charge on any atom is -0.369 e. The Balaban J connectivity index is 2.22. The molecule has 106 valence electrons. The number of rotatable bonds is 4. The number of piperidine rings is 1. The van der Waals surface area contributed by atoms with Gasteiger partial charge in [0.15, 0.2) is 0 Å². The van der Waals surface area contributed by atoms with E-state index in [0.29, 0.717) is 11.6 Å². The predicted molar refractivity (Wildman–Crippen MR) is 76.7 cm³/mol. The molecule has 0 atom stereocenters. The molecule has 6 heteroatoms. The molecule has 6 nitrogen and oxygen atoms in total. The van der Waals surface area contributed by atoms with Gasteiger partial charge < -0.3 is 10.2 Å². The molecule has 1 fully saturated rings. The molecule has 1 saturated heterocycles. The first kappa shape index (κ1) is 14.3. The van der Waals surface area contributed by atoms with E-state index in [4.69, 9.17) is 5.26 Å². The quantitative estimate of drug-likeness (QED) is 0.670. The molecular weight excluding hydrogens is 256 g/mol. The summed E-state index contributed by atoms with van der Waals surface area (Å²) in [7, 11) is 1.85. The van der Waals surface area contributed by atoms with Gasteiger partial charge in [-0.25, -0.2) is 0 Å². The smallest absolute Gasteiger partial charge is 0.310 e. The van der Waals surface area contributed by atoms with E-state index in [1.807, 2.05) is 18.0 Å². The Bertz CT molecular complexity index is 532. The van der Waals surface area contributed by atoms with Gasteiger partial charge in [0, 0.05) is 13.6 Å². The van der Waals surface area contributed by atoms with Crippen LogP contribution in [0.2, 0.25) is 0 Å². The Morgan fingerprint density at radius 2 is 2.20 bits per heavy atom. The van der Waals surface area contributed by atoms with Crippen LogP contribution in [-0.4, -0.2) is 31.6 Å². The number of benzene rings is 1. The van der Waals surface area contributed by atoms with Crippen LogP contribution < -0.4 is 10.2 Å². The van der Waals surface area contributed by atoms with Crippen LogP contribution in [-0.2, 0) is 0 Å². The molecule has 2 rings (SSSR count). The summed E-state index contributed by atoms with van der Waals surface area (Å²) < 4.78 is 0. The van der Waals surface area contributed by atoms with E-state index in [9.17, 15) is 10.1 Å². The fraction of sp³-hybridized carbons (Fsp3) is 0.500. The number of nitrogens with zero attached hydrogens (tertiary/aromatic N) is 3. The second-order valence-electron chi connectivity index (χ2n) is 5.12. The number of nitro benzene ring substituents is 1. The number of hydrogen-bond donors (Lipinski definition) is 1. The Labute approximate surface area is 118 Å². The van der Waals surface area contributed by atoms with Gasteiger partial charge in [-0.2, -0.15) is 5.26 Å². The molecule has 0 aliphatic carbocycles. The maximum Gasteiger partial charge on any atom is 0.310 e. The SMILES string of the molecule is CN(CC1CCNCC1)c1cccc(C#N)c1[N+](=O)[O-]. The van der Waals surface area contributed by atoms with Crippen molar-refractivity contribution in [3.05, 3.63) is 33.9 Å². The fourth-order valence-corrected chi connectivity index (χ4v) is 2.67. The predicted octanol–water partition coefficient (Wildman–Crippen LogP) is 1.90. The average molecular weight is 274 g/mol. The molecule has 0 radical (unpaired) electrons. The van der Waals surface area contributed by atoms with Gasteiger partial charge in [0.05, 0.1) is 4.92 Å². The van der Waals surface area contributed by atoms with Crippen molar-refractivity contribution in [1.29, 1.82) is 5.26 Å². The largest absolute Gasteiger partial charge is 0.369 e. The van der Waals surface area contributed by atoms with E-state index in [2.05, 4.69) is 5.32 Å². The van der Waals surface area contributed by atoms with Crippen LogP contribution in [0.25, 0.3) is 0 Å². The van der Waals surface area contributed by atoms with Crippen molar-refractivity contribution in [2.45, 2.75) is 12.8 Å². The van der Waals surface area contributed by atoms with Crippen LogP contribution in [0, 0.1) is 27.4 Å². The normalized spacial score (nSPS) is 15.6. The molecule has 1 aliphatic rings. The topological polar surface area (TPSA) is 82.2 Å². The molecular formula is C14H18N4O2. The van der Waals surface area contributed by atoms with E-state index in [-0.39, 0.29) is 11.3 Å². The first-order valence-corrected chi connectivity index (χ1v) is 6.73. The van der Waals surface area contributed by atoms with Gasteiger partial charge in [-0.1, -0.05) is 6.07 Å². The first-order chi connectivity index (χ1) is 9.63. The van der Waals surface area contributed by atoms with E-state index in [1.54, 1.807) is 12.1 Å². The Morgan fingerprint density at radius 3 is 2.80 bits per heavy atom. The molecule has 1 aliphatic heterocycles. The molecule has 1 aromatic carbocycles. The van der Waals surface area contributed by atoms with E-state index in [0.717, 1.165) is 32.5 Å². The molecule has 0 saturated carbocycles. The number of nitrogens with one attached hydrogen (secondary N) is 1. The standard InChI is InChI=1S/C14H18N4O2/c1-17(10-11-5-7-16-8-6-11)13-4-2-3-12(9-15)14(13)18(19)20/h2-4,11,16H,5-8,10H2,1H3. The average Bonchev–Trinajstić information content (AvgIpc) is 2.47. The third-order valence-corrected chi connectivity index (χ3v) is 3.72. The molecule has 0 bridgehead atoms. The Hall–Kier alpha value is -2.13. The first-order valence-electron chi connectivity index (χ1n) is 6.73. The number of para-hydroxylation sites is 1. The molecule has 1 heterocycles. The van der Waals surface area contributed by atoms with E-state index in [1.165, 1.54) is 6.07 Å². The summed E-state index contributed by atoms with van der Waals surface area (Å²) in [6, 6.07) is 6.79. The summed E-state index contributed by atoms with van der Waals surface area (Å²) in [5, 5.41) is 23.5. The van der Waals surface area contributed by atoms with Gasteiger partial charge >= 0.3 is 5.69 Å². The third-order valence-electron chi connectivity index (χ3n) is 3.72. The number of hydrogen-bond acceptors (Lipinski definition) is 5. The molecule has 0 aromatic heterocycles. The van der Waals surface area contributed by atoms with Crippen LogP contribution in [0.4, 0.5) is 11.4 Å². The molecule has 1 aromatic rings. The lowest BCUT2D eigenvalue weighted by Gasteiger charge is -2.28. The fourth-order valence-electron chi connectivity index (χ4n) is 2.67. The summed E-state index contributed by atoms with van der Waals surface area (Å²) >= 11 is 0. The van der Waals surface area contributed by atoms with Crippen molar-refractivity contribution < 1.29 is 4.92 Å². The zero-order valence-corrected chi connectivity index (χ0v) is 11.5. The molecule has 0 unspecified atom stereocenters. The van der Waals surface area contributed by atoms with Crippen molar-refractivity contribution in [2.75, 3.05) is 31.6 Å². The lowest BCUT2D eigenvalue weighted by molar-refractivity contribution is -0.384. The monoisotopic (exact) mass is 274 g/mol. The van der Waals surface area contributed by atoms with Crippen molar-refractivity contribution in [1.82, 2.24) is 5.32 Å². The van der Waals surface area contributed by atoms with Gasteiger partial charge in [0.1, 0.15) is 17.3 Å². The minimum absolute atomic E-state index is 0.0913. The lowest BCUT2D eigenvalue weighted by Crippen LogP contribution is -2.34. The molecule has 0 amide bonds. The highest BCUT2D eigenvalue weighted by Gasteiger charge is 2.24. The van der Waals surface area contributed by atoms with Gasteiger partial charge in [0.2, 0.25) is 0 Å². The highest BCUT2D eigenvalue weighted by Crippen LogP contribution is 2.31. The van der Waals surface area contributed by atoms with E-state index < -0.39 is 4.92 Å². The lowest BCUT2D eigenvalue weighted by atomic mass is 9.97. The van der Waals surface area contributed by atoms with Crippen LogP contribution >= 0.6 is 0 Å². The van der Waals surface area contributed by atoms with Crippen molar-refractivity contribution in [3.63, 3.8) is 0 Å². The van der Waals surface area contributed by atoms with Crippen LogP contribution in [0.15, 0.2) is 18.2 Å². The minimum atomic E-state index is -0.465. The second-order valence-corrected chi connectivity index (χ2v) is 5.12. The number of nitriles is 1. The summed E-state index contributed by atoms with van der Waals surface area (Å²) in [5.41, 5.74) is 0.545. The highest BCUT2D eigenvalue weighted by molar-refractivity contribution is 5.69. The Kier molecular flexibility index (Phi) is 4.53. The van der Waals surface area contributed by atoms with Crippen molar-refractivity contribution in [3.8, 4) is 6.07 Å². The van der Waals surface area contributed by atoms with Crippen LogP contribution in [0.1, 0.15) is 18.4 Å². The van der Waals surface area contributed by atoms with Gasteiger partial charge in [-0.05, 0) is 44.0 Å². The van der Waals surface area contributed by atoms with Gasteiger partial charge in [-0.15, -0.1) is 0 Å². The Morgan fingerprint density at radius 1 is 1.50 bits per heavy atom. The third kappa shape index (κ3) is 3.06. The summed E-state index contributed by atoms with van der Waals surface area (Å²) in [5.74, 6) is 0.534. The second kappa shape index (κ2) is 6.35. The zero-order valence-electron chi connectivity index (χ0n) is 11.5. The van der Waals surface area contributed by atoms with Gasteiger partial charge in [-0.3, -0.25) is 10.1 Å². The summed E-state index contributed by atoms with van der Waals surface area (Å²) in [6.45, 7) is 2.77. The van der Waals surface area contributed by atoms with Gasteiger partial charge in [0.25, 0.3) is 0 Å².